The third-order valence-corrected chi connectivity index (χ3v) is 5.97. The van der Waals surface area contributed by atoms with Gasteiger partial charge in [0.2, 0.25) is 0 Å². The van der Waals surface area contributed by atoms with Gasteiger partial charge in [-0.25, -0.2) is 0 Å². The fourth-order valence-electron chi connectivity index (χ4n) is 4.13. The highest BCUT2D eigenvalue weighted by atomic mass is 127. The first kappa shape index (κ1) is 27.9. The molecule has 8 nitrogen and oxygen atoms in total. The van der Waals surface area contributed by atoms with Crippen molar-refractivity contribution in [3.63, 3.8) is 0 Å². The van der Waals surface area contributed by atoms with Crippen molar-refractivity contribution in [1.82, 2.24) is 15.1 Å². The summed E-state index contributed by atoms with van der Waals surface area (Å²) in [5.41, 5.74) is 1.16. The normalized spacial score (nSPS) is 18.0. The molecule has 188 valence electrons. The van der Waals surface area contributed by atoms with Gasteiger partial charge in [0.05, 0.1) is 20.3 Å². The van der Waals surface area contributed by atoms with Crippen LogP contribution in [0.25, 0.3) is 0 Å². The lowest BCUT2D eigenvalue weighted by Gasteiger charge is -2.36. The van der Waals surface area contributed by atoms with Gasteiger partial charge in [-0.2, -0.15) is 0 Å². The van der Waals surface area contributed by atoms with Crippen molar-refractivity contribution in [2.24, 2.45) is 4.99 Å². The van der Waals surface area contributed by atoms with Gasteiger partial charge in [0.15, 0.2) is 5.96 Å². The summed E-state index contributed by atoms with van der Waals surface area (Å²) in [6, 6.07) is 5.99. The Morgan fingerprint density at radius 1 is 1.12 bits per heavy atom. The lowest BCUT2D eigenvalue weighted by Crippen LogP contribution is -2.52. The maximum atomic E-state index is 5.97. The fraction of sp³-hybridized carbons (Fsp3) is 0.708. The van der Waals surface area contributed by atoms with E-state index in [-0.39, 0.29) is 24.0 Å². The van der Waals surface area contributed by atoms with E-state index >= 15 is 0 Å². The Morgan fingerprint density at radius 2 is 1.88 bits per heavy atom. The number of aliphatic imine (C=N–C) groups is 1. The molecule has 2 heterocycles. The largest absolute Gasteiger partial charge is 0.497 e. The topological polar surface area (TPSA) is 67.8 Å². The van der Waals surface area contributed by atoms with Crippen LogP contribution >= 0.6 is 24.0 Å². The molecule has 0 unspecified atom stereocenters. The van der Waals surface area contributed by atoms with Gasteiger partial charge < -0.3 is 29.2 Å². The molecule has 0 aromatic heterocycles. The van der Waals surface area contributed by atoms with Crippen molar-refractivity contribution in [1.29, 1.82) is 0 Å². The van der Waals surface area contributed by atoms with E-state index in [0.29, 0.717) is 6.10 Å². The monoisotopic (exact) mass is 576 g/mol. The van der Waals surface area contributed by atoms with Gasteiger partial charge in [-0.3, -0.25) is 9.89 Å². The van der Waals surface area contributed by atoms with Crippen LogP contribution in [0.15, 0.2) is 23.2 Å². The molecule has 1 aromatic rings. The predicted octanol–water partition coefficient (Wildman–Crippen LogP) is 2.99. The second-order valence-corrected chi connectivity index (χ2v) is 8.21. The molecule has 0 bridgehead atoms. The number of benzene rings is 1. The number of halogens is 1. The van der Waals surface area contributed by atoms with Crippen molar-refractivity contribution in [2.75, 3.05) is 73.3 Å². The summed E-state index contributed by atoms with van der Waals surface area (Å²) in [4.78, 5) is 9.67. The van der Waals surface area contributed by atoms with Crippen molar-refractivity contribution in [3.8, 4) is 11.5 Å². The first-order chi connectivity index (χ1) is 15.7. The summed E-state index contributed by atoms with van der Waals surface area (Å²) in [6.45, 7) is 10.9. The molecule has 3 rings (SSSR count). The van der Waals surface area contributed by atoms with Crippen LogP contribution in [0, 0.1) is 0 Å². The van der Waals surface area contributed by atoms with E-state index < -0.39 is 0 Å². The Hall–Kier alpha value is -1.30. The molecule has 2 aliphatic rings. The van der Waals surface area contributed by atoms with E-state index in [4.69, 9.17) is 23.9 Å². The van der Waals surface area contributed by atoms with Crippen LogP contribution in [0.1, 0.15) is 31.7 Å². The van der Waals surface area contributed by atoms with E-state index in [2.05, 4.69) is 28.1 Å². The van der Waals surface area contributed by atoms with Crippen molar-refractivity contribution in [2.45, 2.75) is 38.8 Å². The molecule has 0 aliphatic carbocycles. The fourth-order valence-corrected chi connectivity index (χ4v) is 4.13. The molecular formula is C24H41IN4O4. The molecule has 2 fully saturated rings. The Balaban J connectivity index is 0.00000385. The van der Waals surface area contributed by atoms with Crippen LogP contribution in [0.2, 0.25) is 0 Å². The number of ether oxygens (including phenoxy) is 4. The third-order valence-electron chi connectivity index (χ3n) is 5.97. The molecular weight excluding hydrogens is 535 g/mol. The summed E-state index contributed by atoms with van der Waals surface area (Å²) in [6.07, 6.45) is 3.33. The lowest BCUT2D eigenvalue weighted by molar-refractivity contribution is -0.0318. The van der Waals surface area contributed by atoms with Gasteiger partial charge in [-0.1, -0.05) is 0 Å². The Kier molecular flexibility index (Phi) is 13.2. The summed E-state index contributed by atoms with van der Waals surface area (Å²) < 4.78 is 22.3. The average Bonchev–Trinajstić information content (AvgIpc) is 2.84. The Bertz CT molecular complexity index is 708. The zero-order valence-corrected chi connectivity index (χ0v) is 22.7. The predicted molar refractivity (Wildman–Crippen MR) is 142 cm³/mol. The summed E-state index contributed by atoms with van der Waals surface area (Å²) in [5.74, 6) is 2.78. The molecule has 0 spiro atoms. The third kappa shape index (κ3) is 9.11. The van der Waals surface area contributed by atoms with E-state index in [1.165, 1.54) is 0 Å². The maximum absolute atomic E-state index is 5.97. The van der Waals surface area contributed by atoms with Gasteiger partial charge in [0, 0.05) is 71.2 Å². The average molecular weight is 577 g/mol. The molecule has 1 N–H and O–H groups in total. The molecule has 2 aliphatic heterocycles. The molecule has 33 heavy (non-hydrogen) atoms. The second kappa shape index (κ2) is 15.6. The van der Waals surface area contributed by atoms with Crippen molar-refractivity contribution < 1.29 is 18.9 Å². The van der Waals surface area contributed by atoms with E-state index in [9.17, 15) is 0 Å². The van der Waals surface area contributed by atoms with Crippen LogP contribution < -0.4 is 14.8 Å². The second-order valence-electron chi connectivity index (χ2n) is 8.21. The molecule has 0 amide bonds. The van der Waals surface area contributed by atoms with Crippen LogP contribution in [0.4, 0.5) is 0 Å². The highest BCUT2D eigenvalue weighted by Crippen LogP contribution is 2.25. The molecule has 0 atom stereocenters. The van der Waals surface area contributed by atoms with Crippen LogP contribution in [0.3, 0.4) is 0 Å². The van der Waals surface area contributed by atoms with Gasteiger partial charge in [0.1, 0.15) is 11.5 Å². The standard InChI is InChI=1S/C24H40N4O4.HI/c1-4-25-24(26-10-5-15-32-21-8-16-31-17-9-21)28-13-11-27(12-14-28)19-20-18-22(29-2)6-7-23(20)30-3;/h6-7,18,21H,4-5,8-17,19H2,1-3H3,(H,25,26);1H. The minimum atomic E-state index is 0. The van der Waals surface area contributed by atoms with Crippen molar-refractivity contribution in [3.05, 3.63) is 23.8 Å². The molecule has 0 saturated carbocycles. The molecule has 2 saturated heterocycles. The number of hydrogen-bond donors (Lipinski definition) is 1. The lowest BCUT2D eigenvalue weighted by atomic mass is 10.1. The minimum Gasteiger partial charge on any atom is -0.497 e. The van der Waals surface area contributed by atoms with Crippen LogP contribution in [-0.2, 0) is 16.0 Å². The van der Waals surface area contributed by atoms with Crippen LogP contribution in [-0.4, -0.2) is 95.2 Å². The van der Waals surface area contributed by atoms with Gasteiger partial charge >= 0.3 is 0 Å². The Morgan fingerprint density at radius 3 is 2.55 bits per heavy atom. The number of guanidine groups is 1. The number of hydrogen-bond acceptors (Lipinski definition) is 6. The highest BCUT2D eigenvalue weighted by Gasteiger charge is 2.21. The van der Waals surface area contributed by atoms with Crippen LogP contribution in [0.5, 0.6) is 11.5 Å². The van der Waals surface area contributed by atoms with E-state index in [0.717, 1.165) is 108 Å². The molecule has 9 heteroatoms. The van der Waals surface area contributed by atoms with Gasteiger partial charge in [0.25, 0.3) is 0 Å². The summed E-state index contributed by atoms with van der Waals surface area (Å²) in [5, 5.41) is 3.45. The zero-order valence-electron chi connectivity index (χ0n) is 20.4. The number of piperazine rings is 1. The quantitative estimate of drug-likeness (QED) is 0.199. The zero-order chi connectivity index (χ0) is 22.6. The molecule has 1 aromatic carbocycles. The summed E-state index contributed by atoms with van der Waals surface area (Å²) in [7, 11) is 3.42. The van der Waals surface area contributed by atoms with Gasteiger partial charge in [-0.05, 0) is 44.4 Å². The Labute approximate surface area is 216 Å². The smallest absolute Gasteiger partial charge is 0.194 e. The summed E-state index contributed by atoms with van der Waals surface area (Å²) >= 11 is 0. The molecule has 0 radical (unpaired) electrons. The first-order valence-electron chi connectivity index (χ1n) is 11.9. The van der Waals surface area contributed by atoms with Gasteiger partial charge in [-0.15, -0.1) is 24.0 Å². The highest BCUT2D eigenvalue weighted by molar-refractivity contribution is 14.0. The van der Waals surface area contributed by atoms with Crippen molar-refractivity contribution >= 4 is 29.9 Å². The number of nitrogens with zero attached hydrogens (tertiary/aromatic N) is 3. The number of rotatable bonds is 10. The number of nitrogens with one attached hydrogen (secondary N) is 1. The number of methoxy groups -OCH3 is 2. The first-order valence-corrected chi connectivity index (χ1v) is 11.9. The SMILES string of the molecule is CCNC(=NCCCOC1CCOCC1)N1CCN(Cc2cc(OC)ccc2OC)CC1.I. The maximum Gasteiger partial charge on any atom is 0.194 e. The minimum absolute atomic E-state index is 0. The van der Waals surface area contributed by atoms with E-state index in [1.54, 1.807) is 14.2 Å². The van der Waals surface area contributed by atoms with E-state index in [1.807, 2.05) is 12.1 Å².